The maximum atomic E-state index is 9.68. The van der Waals surface area contributed by atoms with Gasteiger partial charge < -0.3 is 9.84 Å². The van der Waals surface area contributed by atoms with Crippen LogP contribution in [0, 0.1) is 11.3 Å². The molecule has 116 valence electrons. The third-order valence-corrected chi connectivity index (χ3v) is 3.72. The van der Waals surface area contributed by atoms with Crippen LogP contribution in [-0.4, -0.2) is 35.7 Å². The molecule has 0 aliphatic rings. The van der Waals surface area contributed by atoms with E-state index in [2.05, 4.69) is 24.8 Å². The lowest BCUT2D eigenvalue weighted by atomic mass is 9.91. The number of phenols is 1. The number of rotatable bonds is 8. The smallest absolute Gasteiger partial charge is 0.160 e. The minimum absolute atomic E-state index is 0.124. The van der Waals surface area contributed by atoms with Crippen molar-refractivity contribution in [3.8, 4) is 17.6 Å². The summed E-state index contributed by atoms with van der Waals surface area (Å²) in [6.07, 6.45) is 2.66. The summed E-state index contributed by atoms with van der Waals surface area (Å²) in [5.41, 5.74) is 0.444. The van der Waals surface area contributed by atoms with E-state index in [0.717, 1.165) is 31.5 Å². The van der Waals surface area contributed by atoms with Crippen LogP contribution >= 0.6 is 0 Å². The predicted octanol–water partition coefficient (Wildman–Crippen LogP) is 3.35. The number of phenolic OH excluding ortho intramolecular Hbond substituents is 1. The third-order valence-electron chi connectivity index (χ3n) is 3.72. The van der Waals surface area contributed by atoms with Crippen molar-refractivity contribution in [1.29, 1.82) is 5.26 Å². The highest BCUT2D eigenvalue weighted by molar-refractivity contribution is 5.42. The molecule has 0 aliphatic carbocycles. The quantitative estimate of drug-likeness (QED) is 0.797. The molecule has 0 heterocycles. The fraction of sp³-hybridized carbons (Fsp3) is 0.588. The number of methoxy groups -OCH3 is 1. The Morgan fingerprint density at radius 2 is 1.90 bits per heavy atom. The summed E-state index contributed by atoms with van der Waals surface area (Å²) in [7, 11) is 1.53. The maximum absolute atomic E-state index is 9.68. The molecule has 0 aromatic heterocycles. The lowest BCUT2D eigenvalue weighted by Gasteiger charge is -2.36. The van der Waals surface area contributed by atoms with Gasteiger partial charge in [0.1, 0.15) is 5.54 Å². The molecular weight excluding hydrogens is 264 g/mol. The van der Waals surface area contributed by atoms with Gasteiger partial charge in [0.15, 0.2) is 11.5 Å². The van der Waals surface area contributed by atoms with Gasteiger partial charge in [0, 0.05) is 6.42 Å². The molecule has 0 radical (unpaired) electrons. The Balaban J connectivity index is 3.01. The third kappa shape index (κ3) is 4.37. The normalized spacial score (nSPS) is 13.7. The zero-order valence-electron chi connectivity index (χ0n) is 13.5. The van der Waals surface area contributed by atoms with E-state index in [1.54, 1.807) is 12.1 Å². The molecule has 0 saturated heterocycles. The Hall–Kier alpha value is -1.73. The first-order valence-electron chi connectivity index (χ1n) is 7.53. The fourth-order valence-electron chi connectivity index (χ4n) is 2.60. The number of aromatic hydroxyl groups is 1. The van der Waals surface area contributed by atoms with E-state index in [1.165, 1.54) is 7.11 Å². The second-order valence-corrected chi connectivity index (χ2v) is 5.56. The van der Waals surface area contributed by atoms with Gasteiger partial charge in [0.25, 0.3) is 0 Å². The summed E-state index contributed by atoms with van der Waals surface area (Å²) < 4.78 is 5.14. The van der Waals surface area contributed by atoms with Crippen LogP contribution in [0.2, 0.25) is 0 Å². The average molecular weight is 290 g/mol. The van der Waals surface area contributed by atoms with Crippen LogP contribution in [-0.2, 0) is 6.42 Å². The van der Waals surface area contributed by atoms with Crippen LogP contribution in [0.5, 0.6) is 11.5 Å². The molecule has 0 spiro atoms. The van der Waals surface area contributed by atoms with Crippen LogP contribution in [0.25, 0.3) is 0 Å². The number of nitriles is 1. The molecule has 0 fully saturated rings. The van der Waals surface area contributed by atoms with E-state index in [9.17, 15) is 10.4 Å². The molecule has 1 aromatic rings. The van der Waals surface area contributed by atoms with Crippen molar-refractivity contribution in [2.24, 2.45) is 0 Å². The van der Waals surface area contributed by atoms with Crippen LogP contribution < -0.4 is 4.74 Å². The summed E-state index contributed by atoms with van der Waals surface area (Å²) in [4.78, 5) is 2.24. The maximum Gasteiger partial charge on any atom is 0.160 e. The van der Waals surface area contributed by atoms with Gasteiger partial charge in [0.05, 0.1) is 13.2 Å². The van der Waals surface area contributed by atoms with Crippen molar-refractivity contribution in [2.75, 3.05) is 20.2 Å². The summed E-state index contributed by atoms with van der Waals surface area (Å²) in [5, 5.41) is 19.3. The second kappa shape index (κ2) is 7.90. The first-order chi connectivity index (χ1) is 10.0. The highest BCUT2D eigenvalue weighted by Gasteiger charge is 2.31. The summed E-state index contributed by atoms with van der Waals surface area (Å²) >= 11 is 0. The Kier molecular flexibility index (Phi) is 6.51. The Bertz CT molecular complexity index is 490. The monoisotopic (exact) mass is 290 g/mol. The van der Waals surface area contributed by atoms with E-state index in [-0.39, 0.29) is 5.75 Å². The van der Waals surface area contributed by atoms with E-state index in [1.807, 2.05) is 13.0 Å². The molecular formula is C17H26N2O2. The van der Waals surface area contributed by atoms with Gasteiger partial charge >= 0.3 is 0 Å². The average Bonchev–Trinajstić information content (AvgIpc) is 2.49. The minimum Gasteiger partial charge on any atom is -0.504 e. The van der Waals surface area contributed by atoms with Gasteiger partial charge in [-0.2, -0.15) is 5.26 Å². The molecule has 1 rings (SSSR count). The standard InChI is InChI=1S/C17H26N2O2/c1-5-9-19(10-6-2)17(3,13-18)12-14-7-8-15(20)16(11-14)21-4/h7-8,11,20H,5-6,9-10,12H2,1-4H3. The number of ether oxygens (including phenoxy) is 1. The van der Waals surface area contributed by atoms with Gasteiger partial charge in [-0.15, -0.1) is 0 Å². The molecule has 0 amide bonds. The van der Waals surface area contributed by atoms with E-state index >= 15 is 0 Å². The zero-order chi connectivity index (χ0) is 15.9. The number of hydrogen-bond acceptors (Lipinski definition) is 4. The molecule has 1 atom stereocenters. The molecule has 21 heavy (non-hydrogen) atoms. The molecule has 1 aromatic carbocycles. The van der Waals surface area contributed by atoms with Crippen LogP contribution in [0.15, 0.2) is 18.2 Å². The van der Waals surface area contributed by atoms with Crippen molar-refractivity contribution < 1.29 is 9.84 Å². The highest BCUT2D eigenvalue weighted by Crippen LogP contribution is 2.29. The Labute approximate surface area is 128 Å². The van der Waals surface area contributed by atoms with E-state index < -0.39 is 5.54 Å². The van der Waals surface area contributed by atoms with Crippen molar-refractivity contribution in [1.82, 2.24) is 4.90 Å². The molecule has 1 unspecified atom stereocenters. The van der Waals surface area contributed by atoms with E-state index in [0.29, 0.717) is 12.2 Å². The summed E-state index contributed by atoms with van der Waals surface area (Å²) in [6.45, 7) is 8.06. The molecule has 0 saturated carbocycles. The molecule has 4 heteroatoms. The second-order valence-electron chi connectivity index (χ2n) is 5.56. The first kappa shape index (κ1) is 17.3. The highest BCUT2D eigenvalue weighted by atomic mass is 16.5. The zero-order valence-corrected chi connectivity index (χ0v) is 13.5. The largest absolute Gasteiger partial charge is 0.504 e. The van der Waals surface area contributed by atoms with Gasteiger partial charge in [0.2, 0.25) is 0 Å². The van der Waals surface area contributed by atoms with Crippen molar-refractivity contribution in [3.05, 3.63) is 23.8 Å². The van der Waals surface area contributed by atoms with Gasteiger partial charge in [-0.05, 0) is 50.6 Å². The summed E-state index contributed by atoms with van der Waals surface area (Å²) in [6, 6.07) is 7.75. The number of hydrogen-bond donors (Lipinski definition) is 1. The van der Waals surface area contributed by atoms with Gasteiger partial charge in [-0.25, -0.2) is 0 Å². The lowest BCUT2D eigenvalue weighted by Crippen LogP contribution is -2.47. The first-order valence-corrected chi connectivity index (χ1v) is 7.53. The molecule has 0 bridgehead atoms. The number of benzene rings is 1. The molecule has 1 N–H and O–H groups in total. The van der Waals surface area contributed by atoms with Crippen LogP contribution in [0.3, 0.4) is 0 Å². The SMILES string of the molecule is CCCN(CCC)C(C)(C#N)Cc1ccc(O)c(OC)c1. The van der Waals surface area contributed by atoms with Crippen molar-refractivity contribution >= 4 is 0 Å². The fourth-order valence-corrected chi connectivity index (χ4v) is 2.60. The molecule has 0 aliphatic heterocycles. The Morgan fingerprint density at radius 1 is 1.29 bits per heavy atom. The minimum atomic E-state index is -0.548. The lowest BCUT2D eigenvalue weighted by molar-refractivity contribution is 0.151. The van der Waals surface area contributed by atoms with Crippen molar-refractivity contribution in [2.45, 2.75) is 45.6 Å². The summed E-state index contributed by atoms with van der Waals surface area (Å²) in [5.74, 6) is 0.573. The van der Waals surface area contributed by atoms with Crippen LogP contribution in [0.4, 0.5) is 0 Å². The molecule has 4 nitrogen and oxygen atoms in total. The topological polar surface area (TPSA) is 56.5 Å². The predicted molar refractivity (Wildman–Crippen MR) is 84.5 cm³/mol. The van der Waals surface area contributed by atoms with Crippen molar-refractivity contribution in [3.63, 3.8) is 0 Å². The van der Waals surface area contributed by atoms with Gasteiger partial charge in [-0.3, -0.25) is 4.90 Å². The van der Waals surface area contributed by atoms with Crippen LogP contribution in [0.1, 0.15) is 39.2 Å². The Morgan fingerprint density at radius 3 is 2.38 bits per heavy atom. The number of nitrogens with zero attached hydrogens (tertiary/aromatic N) is 2. The van der Waals surface area contributed by atoms with E-state index in [4.69, 9.17) is 4.74 Å². The van der Waals surface area contributed by atoms with Gasteiger partial charge in [-0.1, -0.05) is 19.9 Å².